The van der Waals surface area contributed by atoms with E-state index in [1.54, 1.807) is 12.1 Å². The van der Waals surface area contributed by atoms with Gasteiger partial charge in [-0.2, -0.15) is 0 Å². The predicted octanol–water partition coefficient (Wildman–Crippen LogP) is 5.82. The minimum atomic E-state index is 0.286. The van der Waals surface area contributed by atoms with Crippen molar-refractivity contribution in [2.75, 3.05) is 27.2 Å². The van der Waals surface area contributed by atoms with E-state index in [1.165, 1.54) is 22.3 Å². The molecular weight excluding hydrogens is 358 g/mol. The molecule has 0 spiro atoms. The molecule has 0 bridgehead atoms. The fourth-order valence-electron chi connectivity index (χ4n) is 3.67. The minimum Gasteiger partial charge on any atom is -0.508 e. The van der Waals surface area contributed by atoms with Crippen molar-refractivity contribution >= 4 is 5.57 Å². The standard InChI is InChI=1S/C26H31NO2/c1-4-25(20-8-5-6-9-20)26(21-10-14-23(28)15-11-21)22-12-16-24(17-13-22)29-19-7-18-27(2)3/h5-6,8,10-17,28H,4,7,9,18-19H2,1-3H3/b26-25-. The molecule has 0 radical (unpaired) electrons. The third-order valence-electron chi connectivity index (χ3n) is 5.13. The van der Waals surface area contributed by atoms with E-state index in [0.717, 1.165) is 43.7 Å². The van der Waals surface area contributed by atoms with Gasteiger partial charge >= 0.3 is 0 Å². The first-order valence-corrected chi connectivity index (χ1v) is 10.3. The zero-order valence-electron chi connectivity index (χ0n) is 17.7. The molecule has 1 aliphatic carbocycles. The summed E-state index contributed by atoms with van der Waals surface area (Å²) in [4.78, 5) is 2.17. The Balaban J connectivity index is 1.89. The van der Waals surface area contributed by atoms with Gasteiger partial charge in [0.25, 0.3) is 0 Å². The number of nitrogens with zero attached hydrogens (tertiary/aromatic N) is 1. The molecule has 152 valence electrons. The highest BCUT2D eigenvalue weighted by Crippen LogP contribution is 2.36. The maximum absolute atomic E-state index is 9.73. The lowest BCUT2D eigenvalue weighted by Crippen LogP contribution is -2.15. The minimum absolute atomic E-state index is 0.286. The van der Waals surface area contributed by atoms with E-state index in [2.05, 4.69) is 68.4 Å². The van der Waals surface area contributed by atoms with Crippen molar-refractivity contribution in [2.24, 2.45) is 0 Å². The van der Waals surface area contributed by atoms with Crippen LogP contribution in [0.4, 0.5) is 0 Å². The van der Waals surface area contributed by atoms with Gasteiger partial charge in [-0.25, -0.2) is 0 Å². The lowest BCUT2D eigenvalue weighted by Gasteiger charge is -2.17. The van der Waals surface area contributed by atoms with Gasteiger partial charge in [0.05, 0.1) is 6.61 Å². The number of phenolic OH excluding ortho intramolecular Hbond substituents is 1. The Kier molecular flexibility index (Phi) is 7.31. The van der Waals surface area contributed by atoms with Crippen LogP contribution in [-0.4, -0.2) is 37.3 Å². The van der Waals surface area contributed by atoms with Gasteiger partial charge in [-0.15, -0.1) is 0 Å². The molecule has 3 heteroatoms. The first-order chi connectivity index (χ1) is 14.1. The number of benzene rings is 2. The molecule has 0 unspecified atom stereocenters. The Morgan fingerprint density at radius 3 is 2.21 bits per heavy atom. The quantitative estimate of drug-likeness (QED) is 0.549. The van der Waals surface area contributed by atoms with Gasteiger partial charge in [-0.05, 0) is 85.5 Å². The monoisotopic (exact) mass is 389 g/mol. The largest absolute Gasteiger partial charge is 0.508 e. The molecule has 0 atom stereocenters. The Morgan fingerprint density at radius 1 is 1.00 bits per heavy atom. The number of hydrogen-bond acceptors (Lipinski definition) is 3. The summed E-state index contributed by atoms with van der Waals surface area (Å²) in [6.45, 7) is 3.95. The van der Waals surface area contributed by atoms with E-state index in [1.807, 2.05) is 12.1 Å². The van der Waals surface area contributed by atoms with Crippen molar-refractivity contribution in [1.82, 2.24) is 4.90 Å². The van der Waals surface area contributed by atoms with Crippen LogP contribution < -0.4 is 4.74 Å². The highest BCUT2D eigenvalue weighted by molar-refractivity contribution is 5.85. The molecule has 2 aromatic rings. The zero-order chi connectivity index (χ0) is 20.6. The van der Waals surface area contributed by atoms with Crippen molar-refractivity contribution < 1.29 is 9.84 Å². The van der Waals surface area contributed by atoms with E-state index in [9.17, 15) is 5.11 Å². The van der Waals surface area contributed by atoms with Crippen LogP contribution in [0, 0.1) is 0 Å². The maximum atomic E-state index is 9.73. The molecule has 0 amide bonds. The number of hydrogen-bond donors (Lipinski definition) is 1. The van der Waals surface area contributed by atoms with Gasteiger partial charge in [0.2, 0.25) is 0 Å². The number of aromatic hydroxyl groups is 1. The topological polar surface area (TPSA) is 32.7 Å². The Bertz CT molecular complexity index is 887. The van der Waals surface area contributed by atoms with Crippen LogP contribution in [0.5, 0.6) is 11.5 Å². The van der Waals surface area contributed by atoms with Gasteiger partial charge in [0, 0.05) is 6.54 Å². The van der Waals surface area contributed by atoms with Gasteiger partial charge in [-0.1, -0.05) is 49.4 Å². The third kappa shape index (κ3) is 5.61. The lowest BCUT2D eigenvalue weighted by molar-refractivity contribution is 0.281. The fraction of sp³-hybridized carbons (Fsp3) is 0.308. The second kappa shape index (κ2) is 10.1. The highest BCUT2D eigenvalue weighted by Gasteiger charge is 2.15. The molecule has 0 saturated carbocycles. The van der Waals surface area contributed by atoms with Gasteiger partial charge in [-0.3, -0.25) is 0 Å². The van der Waals surface area contributed by atoms with Crippen molar-refractivity contribution in [3.8, 4) is 11.5 Å². The molecular formula is C26H31NO2. The summed E-state index contributed by atoms with van der Waals surface area (Å²) in [5.41, 5.74) is 6.22. The molecule has 1 N–H and O–H groups in total. The average Bonchev–Trinajstić information content (AvgIpc) is 3.25. The van der Waals surface area contributed by atoms with E-state index < -0.39 is 0 Å². The van der Waals surface area contributed by atoms with E-state index in [-0.39, 0.29) is 5.75 Å². The normalized spacial score (nSPS) is 14.1. The number of rotatable bonds is 9. The maximum Gasteiger partial charge on any atom is 0.119 e. The smallest absolute Gasteiger partial charge is 0.119 e. The predicted molar refractivity (Wildman–Crippen MR) is 121 cm³/mol. The summed E-state index contributed by atoms with van der Waals surface area (Å²) in [6, 6.07) is 15.9. The molecule has 3 nitrogen and oxygen atoms in total. The fourth-order valence-corrected chi connectivity index (χ4v) is 3.67. The molecule has 29 heavy (non-hydrogen) atoms. The summed E-state index contributed by atoms with van der Waals surface area (Å²) in [6.07, 6.45) is 9.47. The van der Waals surface area contributed by atoms with Crippen LogP contribution in [0.25, 0.3) is 5.57 Å². The summed E-state index contributed by atoms with van der Waals surface area (Å²) in [5.74, 6) is 1.19. The number of phenols is 1. The van der Waals surface area contributed by atoms with E-state index in [4.69, 9.17) is 4.74 Å². The number of ether oxygens (including phenoxy) is 1. The van der Waals surface area contributed by atoms with Gasteiger partial charge in [0.15, 0.2) is 0 Å². The molecule has 0 aliphatic heterocycles. The summed E-state index contributed by atoms with van der Waals surface area (Å²) in [7, 11) is 4.15. The van der Waals surface area contributed by atoms with Gasteiger partial charge in [0.1, 0.15) is 11.5 Å². The van der Waals surface area contributed by atoms with Crippen LogP contribution in [0.2, 0.25) is 0 Å². The van der Waals surface area contributed by atoms with E-state index in [0.29, 0.717) is 0 Å². The van der Waals surface area contributed by atoms with Crippen molar-refractivity contribution in [3.63, 3.8) is 0 Å². The number of allylic oxidation sites excluding steroid dienone is 5. The van der Waals surface area contributed by atoms with Gasteiger partial charge < -0.3 is 14.7 Å². The average molecular weight is 390 g/mol. The SMILES string of the molecule is CC/C(C1=CC=CC1)=C(\c1ccc(O)cc1)c1ccc(OCCCN(C)C)cc1. The van der Waals surface area contributed by atoms with Crippen molar-refractivity contribution in [2.45, 2.75) is 26.2 Å². The lowest BCUT2D eigenvalue weighted by atomic mass is 9.87. The molecule has 0 saturated heterocycles. The summed E-state index contributed by atoms with van der Waals surface area (Å²) >= 11 is 0. The zero-order valence-corrected chi connectivity index (χ0v) is 17.7. The Labute approximate surface area is 174 Å². The van der Waals surface area contributed by atoms with Crippen molar-refractivity contribution in [1.29, 1.82) is 0 Å². The molecule has 0 aromatic heterocycles. The summed E-state index contributed by atoms with van der Waals surface area (Å²) < 4.78 is 5.90. The first-order valence-electron chi connectivity index (χ1n) is 10.3. The van der Waals surface area contributed by atoms with Crippen LogP contribution in [-0.2, 0) is 0 Å². The first kappa shape index (κ1) is 20.9. The molecule has 2 aromatic carbocycles. The summed E-state index contributed by atoms with van der Waals surface area (Å²) in [5, 5.41) is 9.73. The molecule has 0 fully saturated rings. The van der Waals surface area contributed by atoms with Crippen LogP contribution in [0.3, 0.4) is 0 Å². The molecule has 0 heterocycles. The molecule has 1 aliphatic rings. The van der Waals surface area contributed by atoms with Crippen molar-refractivity contribution in [3.05, 3.63) is 89.0 Å². The second-order valence-corrected chi connectivity index (χ2v) is 7.61. The van der Waals surface area contributed by atoms with E-state index >= 15 is 0 Å². The highest BCUT2D eigenvalue weighted by atomic mass is 16.5. The van der Waals surface area contributed by atoms with Crippen LogP contribution >= 0.6 is 0 Å². The second-order valence-electron chi connectivity index (χ2n) is 7.61. The van der Waals surface area contributed by atoms with Crippen LogP contribution in [0.15, 0.2) is 77.9 Å². The Morgan fingerprint density at radius 2 is 1.66 bits per heavy atom. The molecule has 3 rings (SSSR count). The Hall–Kier alpha value is -2.78. The third-order valence-corrected chi connectivity index (χ3v) is 5.13. The van der Waals surface area contributed by atoms with Crippen LogP contribution in [0.1, 0.15) is 37.3 Å².